The molecule has 0 bridgehead atoms. The number of benzene rings is 2. The van der Waals surface area contributed by atoms with E-state index < -0.39 is 30.0 Å². The summed E-state index contributed by atoms with van der Waals surface area (Å²) < 4.78 is 50.4. The minimum atomic E-state index is -4.46. The molecule has 4 atom stereocenters. The molecule has 3 aliphatic rings. The maximum atomic E-state index is 12.8. The molecule has 1 saturated carbocycles. The summed E-state index contributed by atoms with van der Waals surface area (Å²) in [7, 11) is 0. The molecular formula is C28H32F3N3O5. The smallest absolute Gasteiger partial charge is 0.416 e. The van der Waals surface area contributed by atoms with Gasteiger partial charge < -0.3 is 30.5 Å². The molecule has 0 spiro atoms. The van der Waals surface area contributed by atoms with Crippen molar-refractivity contribution in [3.63, 3.8) is 0 Å². The predicted molar refractivity (Wildman–Crippen MR) is 138 cm³/mol. The first-order valence-electron chi connectivity index (χ1n) is 13.3. The molecule has 1 aliphatic carbocycles. The lowest BCUT2D eigenvalue weighted by molar-refractivity contribution is -0.143. The Balaban J connectivity index is 1.22. The fourth-order valence-corrected chi connectivity index (χ4v) is 5.74. The van der Waals surface area contributed by atoms with Crippen molar-refractivity contribution >= 4 is 23.3 Å². The summed E-state index contributed by atoms with van der Waals surface area (Å²) in [4.78, 5) is 25.2. The van der Waals surface area contributed by atoms with Gasteiger partial charge in [-0.15, -0.1) is 0 Å². The van der Waals surface area contributed by atoms with Crippen LogP contribution < -0.4 is 20.7 Å². The van der Waals surface area contributed by atoms with E-state index in [0.29, 0.717) is 17.9 Å². The molecule has 3 amide bonds. The summed E-state index contributed by atoms with van der Waals surface area (Å²) in [6, 6.07) is 8.93. The zero-order valence-corrected chi connectivity index (χ0v) is 21.3. The first-order valence-corrected chi connectivity index (χ1v) is 13.3. The van der Waals surface area contributed by atoms with E-state index in [1.807, 2.05) is 0 Å². The van der Waals surface area contributed by atoms with Crippen LogP contribution in [0, 0.1) is 0 Å². The summed E-state index contributed by atoms with van der Waals surface area (Å²) in [5.74, 6) is 0.419. The minimum Gasteiger partial charge on any atom is -0.487 e. The van der Waals surface area contributed by atoms with Crippen LogP contribution in [0.1, 0.15) is 62.0 Å². The maximum absolute atomic E-state index is 12.8. The average molecular weight is 548 g/mol. The summed E-state index contributed by atoms with van der Waals surface area (Å²) in [6.07, 6.45) is 0.279. The standard InChI is InChI=1S/C28H32F3N3O5/c29-28(30,31)16-6-8-18(9-7-16)33-27(37)34-19-10-11-23-21(12-19)22-13-20(38-24(15-35)26(22)39-23)14-25(36)32-17-4-2-1-3-5-17/h6-12,17,20,22,24,26,35H,1-5,13-15H2,(H,32,36)(H2,33,34,37)/t20-,22-,24+,26+/m1/s1. The molecular weight excluding hydrogens is 515 g/mol. The predicted octanol–water partition coefficient (Wildman–Crippen LogP) is 5.18. The highest BCUT2D eigenvalue weighted by molar-refractivity contribution is 5.99. The van der Waals surface area contributed by atoms with Gasteiger partial charge in [0.15, 0.2) is 0 Å². The van der Waals surface area contributed by atoms with Crippen molar-refractivity contribution in [2.45, 2.75) is 81.4 Å². The lowest BCUT2D eigenvalue weighted by Crippen LogP contribution is -2.48. The van der Waals surface area contributed by atoms with Crippen LogP contribution in [-0.2, 0) is 15.7 Å². The summed E-state index contributed by atoms with van der Waals surface area (Å²) in [6.45, 7) is -0.253. The van der Waals surface area contributed by atoms with E-state index in [-0.39, 0.29) is 42.7 Å². The van der Waals surface area contributed by atoms with Crippen LogP contribution in [0.2, 0.25) is 0 Å². The Morgan fingerprint density at radius 2 is 1.67 bits per heavy atom. The Morgan fingerprint density at radius 3 is 2.36 bits per heavy atom. The maximum Gasteiger partial charge on any atom is 0.416 e. The molecule has 0 aromatic heterocycles. The number of amides is 3. The molecule has 210 valence electrons. The van der Waals surface area contributed by atoms with E-state index in [2.05, 4.69) is 16.0 Å². The number of ether oxygens (including phenoxy) is 2. The van der Waals surface area contributed by atoms with Crippen molar-refractivity contribution in [2.75, 3.05) is 17.2 Å². The van der Waals surface area contributed by atoms with Crippen LogP contribution in [0.4, 0.5) is 29.3 Å². The molecule has 8 nitrogen and oxygen atoms in total. The number of anilines is 2. The fourth-order valence-electron chi connectivity index (χ4n) is 5.74. The monoisotopic (exact) mass is 547 g/mol. The number of carbonyl (C=O) groups is 2. The second-order valence-corrected chi connectivity index (χ2v) is 10.4. The number of urea groups is 1. The average Bonchev–Trinajstić information content (AvgIpc) is 3.26. The van der Waals surface area contributed by atoms with Gasteiger partial charge in [-0.2, -0.15) is 13.2 Å². The number of carbonyl (C=O) groups excluding carboxylic acids is 2. The first-order chi connectivity index (χ1) is 18.7. The van der Waals surface area contributed by atoms with Crippen LogP contribution in [0.25, 0.3) is 0 Å². The highest BCUT2D eigenvalue weighted by Gasteiger charge is 2.46. The van der Waals surface area contributed by atoms with E-state index in [0.717, 1.165) is 43.4 Å². The van der Waals surface area contributed by atoms with Gasteiger partial charge in [0, 0.05) is 28.9 Å². The topological polar surface area (TPSA) is 109 Å². The molecule has 2 aromatic carbocycles. The van der Waals surface area contributed by atoms with Crippen LogP contribution in [0.15, 0.2) is 42.5 Å². The quantitative estimate of drug-likeness (QED) is 0.399. The number of halogens is 3. The number of hydrogen-bond acceptors (Lipinski definition) is 5. The molecule has 0 unspecified atom stereocenters. The molecule has 2 aliphatic heterocycles. The SMILES string of the molecule is O=C(C[C@H]1C[C@@H]2c3cc(NC(=O)Nc4ccc(C(F)(F)F)cc4)ccc3O[C@@H]2[C@H](CO)O1)NC1CCCCC1. The number of hydrogen-bond donors (Lipinski definition) is 4. The van der Waals surface area contributed by atoms with Crippen molar-refractivity contribution in [1.29, 1.82) is 0 Å². The number of fused-ring (bicyclic) bond motifs is 3. The van der Waals surface area contributed by atoms with Crippen molar-refractivity contribution in [3.8, 4) is 5.75 Å². The molecule has 1 saturated heterocycles. The van der Waals surface area contributed by atoms with Crippen molar-refractivity contribution < 1.29 is 37.3 Å². The van der Waals surface area contributed by atoms with Gasteiger partial charge in [0.2, 0.25) is 5.91 Å². The number of alkyl halides is 3. The second kappa shape index (κ2) is 11.4. The largest absolute Gasteiger partial charge is 0.487 e. The first kappa shape index (κ1) is 27.3. The molecule has 39 heavy (non-hydrogen) atoms. The van der Waals surface area contributed by atoms with E-state index in [1.54, 1.807) is 18.2 Å². The molecule has 0 radical (unpaired) electrons. The Labute approximate surface area is 224 Å². The van der Waals surface area contributed by atoms with Gasteiger partial charge in [0.05, 0.1) is 24.7 Å². The molecule has 2 aromatic rings. The molecule has 2 fully saturated rings. The molecule has 2 heterocycles. The molecule has 5 rings (SSSR count). The Kier molecular flexibility index (Phi) is 7.99. The Hall–Kier alpha value is -3.31. The number of nitrogens with one attached hydrogen (secondary N) is 3. The summed E-state index contributed by atoms with van der Waals surface area (Å²) >= 11 is 0. The second-order valence-electron chi connectivity index (χ2n) is 10.4. The molecule has 4 N–H and O–H groups in total. The third kappa shape index (κ3) is 6.47. The van der Waals surface area contributed by atoms with Gasteiger partial charge in [0.25, 0.3) is 0 Å². The van der Waals surface area contributed by atoms with Gasteiger partial charge in [-0.3, -0.25) is 4.79 Å². The van der Waals surface area contributed by atoms with Crippen LogP contribution >= 0.6 is 0 Å². The fraction of sp³-hybridized carbons (Fsp3) is 0.500. The Morgan fingerprint density at radius 1 is 0.974 bits per heavy atom. The number of aliphatic hydroxyl groups excluding tert-OH is 1. The summed E-state index contributed by atoms with van der Waals surface area (Å²) in [5, 5.41) is 18.3. The van der Waals surface area contributed by atoms with Crippen LogP contribution in [-0.4, -0.2) is 48.0 Å². The highest BCUT2D eigenvalue weighted by Crippen LogP contribution is 2.47. The van der Waals surface area contributed by atoms with Crippen LogP contribution in [0.5, 0.6) is 5.75 Å². The third-order valence-corrected chi connectivity index (χ3v) is 7.61. The van der Waals surface area contributed by atoms with Gasteiger partial charge in [-0.25, -0.2) is 4.79 Å². The summed E-state index contributed by atoms with van der Waals surface area (Å²) in [5.41, 5.74) is 0.728. The van der Waals surface area contributed by atoms with Gasteiger partial charge in [0.1, 0.15) is 18.0 Å². The van der Waals surface area contributed by atoms with Gasteiger partial charge in [-0.1, -0.05) is 19.3 Å². The van der Waals surface area contributed by atoms with E-state index >= 15 is 0 Å². The van der Waals surface area contributed by atoms with Crippen molar-refractivity contribution in [2.24, 2.45) is 0 Å². The minimum absolute atomic E-state index is 0.0588. The third-order valence-electron chi connectivity index (χ3n) is 7.61. The lowest BCUT2D eigenvalue weighted by atomic mass is 9.84. The van der Waals surface area contributed by atoms with E-state index in [4.69, 9.17) is 9.47 Å². The zero-order chi connectivity index (χ0) is 27.6. The van der Waals surface area contributed by atoms with E-state index in [9.17, 15) is 27.9 Å². The Bertz CT molecular complexity index is 1180. The van der Waals surface area contributed by atoms with Gasteiger partial charge in [-0.05, 0) is 61.7 Å². The van der Waals surface area contributed by atoms with E-state index in [1.165, 1.54) is 18.6 Å². The zero-order valence-electron chi connectivity index (χ0n) is 21.3. The number of aliphatic hydroxyl groups is 1. The number of rotatable bonds is 6. The van der Waals surface area contributed by atoms with Crippen LogP contribution in [0.3, 0.4) is 0 Å². The normalized spacial score (nSPS) is 24.7. The molecule has 11 heteroatoms. The highest BCUT2D eigenvalue weighted by atomic mass is 19.4. The van der Waals surface area contributed by atoms with Crippen molar-refractivity contribution in [1.82, 2.24) is 5.32 Å². The van der Waals surface area contributed by atoms with Crippen molar-refractivity contribution in [3.05, 3.63) is 53.6 Å². The van der Waals surface area contributed by atoms with Gasteiger partial charge >= 0.3 is 12.2 Å². The lowest BCUT2D eigenvalue weighted by Gasteiger charge is -2.37.